The molecule has 0 aromatic carbocycles. The lowest BCUT2D eigenvalue weighted by Gasteiger charge is -2.12. The van der Waals surface area contributed by atoms with Crippen LogP contribution in [0.25, 0.3) is 0 Å². The number of thiophene rings is 1. The molecular formula is C11H15NOS. The van der Waals surface area contributed by atoms with Gasteiger partial charge in [0.25, 0.3) is 0 Å². The summed E-state index contributed by atoms with van der Waals surface area (Å²) in [4.78, 5) is 14.9. The predicted octanol–water partition coefficient (Wildman–Crippen LogP) is 2.27. The summed E-state index contributed by atoms with van der Waals surface area (Å²) in [6, 6.07) is 3.84. The minimum absolute atomic E-state index is 0.272. The molecule has 0 radical (unpaired) electrons. The molecular weight excluding hydrogens is 194 g/mol. The number of nitrogens with zero attached hydrogens (tertiary/aromatic N) is 1. The van der Waals surface area contributed by atoms with Crippen molar-refractivity contribution in [3.8, 4) is 0 Å². The maximum atomic E-state index is 11.7. The molecule has 14 heavy (non-hydrogen) atoms. The van der Waals surface area contributed by atoms with Crippen molar-refractivity contribution in [2.24, 2.45) is 5.92 Å². The average molecular weight is 209 g/mol. The van der Waals surface area contributed by atoms with Crippen molar-refractivity contribution in [3.63, 3.8) is 0 Å². The van der Waals surface area contributed by atoms with Gasteiger partial charge in [0.1, 0.15) is 0 Å². The molecule has 1 aliphatic heterocycles. The number of rotatable bonds is 3. The molecule has 1 atom stereocenters. The highest BCUT2D eigenvalue weighted by atomic mass is 32.1. The predicted molar refractivity (Wildman–Crippen MR) is 58.9 cm³/mol. The Bertz CT molecular complexity index is 307. The van der Waals surface area contributed by atoms with Crippen molar-refractivity contribution in [3.05, 3.63) is 22.4 Å². The number of hydrogen-bond donors (Lipinski definition) is 0. The SMILES string of the molecule is CC1CCN(CC(=O)c2cccs2)C1. The molecule has 0 spiro atoms. The lowest BCUT2D eigenvalue weighted by molar-refractivity contribution is 0.0948. The van der Waals surface area contributed by atoms with Gasteiger partial charge in [0, 0.05) is 6.54 Å². The van der Waals surface area contributed by atoms with E-state index in [-0.39, 0.29) is 5.78 Å². The Labute approximate surface area is 88.5 Å². The van der Waals surface area contributed by atoms with Crippen LogP contribution in [-0.4, -0.2) is 30.3 Å². The Balaban J connectivity index is 1.89. The zero-order chi connectivity index (χ0) is 9.97. The second-order valence-corrected chi connectivity index (χ2v) is 4.98. The fourth-order valence-corrected chi connectivity index (χ4v) is 2.55. The fraction of sp³-hybridized carbons (Fsp3) is 0.545. The van der Waals surface area contributed by atoms with Crippen LogP contribution in [0.4, 0.5) is 0 Å². The number of hydrogen-bond acceptors (Lipinski definition) is 3. The van der Waals surface area contributed by atoms with Gasteiger partial charge in [-0.3, -0.25) is 9.69 Å². The molecule has 1 saturated heterocycles. The van der Waals surface area contributed by atoms with Crippen LogP contribution >= 0.6 is 11.3 Å². The van der Waals surface area contributed by atoms with E-state index in [0.29, 0.717) is 6.54 Å². The van der Waals surface area contributed by atoms with Gasteiger partial charge in [-0.05, 0) is 30.3 Å². The molecule has 1 unspecified atom stereocenters. The van der Waals surface area contributed by atoms with E-state index in [9.17, 15) is 4.79 Å². The largest absolute Gasteiger partial charge is 0.296 e. The third-order valence-electron chi connectivity index (χ3n) is 2.67. The number of carbonyl (C=O) groups is 1. The molecule has 2 nitrogen and oxygen atoms in total. The Kier molecular flexibility index (Phi) is 2.99. The molecule has 0 saturated carbocycles. The van der Waals surface area contributed by atoms with E-state index in [0.717, 1.165) is 23.9 Å². The van der Waals surface area contributed by atoms with E-state index in [4.69, 9.17) is 0 Å². The van der Waals surface area contributed by atoms with Crippen LogP contribution < -0.4 is 0 Å². The van der Waals surface area contributed by atoms with E-state index >= 15 is 0 Å². The summed E-state index contributed by atoms with van der Waals surface area (Å²) in [5.41, 5.74) is 0. The Morgan fingerprint density at radius 3 is 3.14 bits per heavy atom. The van der Waals surface area contributed by atoms with Gasteiger partial charge in [0.2, 0.25) is 0 Å². The molecule has 0 aliphatic carbocycles. The van der Waals surface area contributed by atoms with Crippen molar-refractivity contribution < 1.29 is 4.79 Å². The van der Waals surface area contributed by atoms with Crippen molar-refractivity contribution >= 4 is 17.1 Å². The molecule has 2 heterocycles. The van der Waals surface area contributed by atoms with Gasteiger partial charge in [-0.2, -0.15) is 0 Å². The van der Waals surface area contributed by atoms with Crippen LogP contribution in [0, 0.1) is 5.92 Å². The Hall–Kier alpha value is -0.670. The lowest BCUT2D eigenvalue weighted by Crippen LogP contribution is -2.27. The molecule has 1 aromatic rings. The zero-order valence-corrected chi connectivity index (χ0v) is 9.22. The van der Waals surface area contributed by atoms with Crippen LogP contribution in [-0.2, 0) is 0 Å². The highest BCUT2D eigenvalue weighted by Gasteiger charge is 2.21. The second-order valence-electron chi connectivity index (χ2n) is 4.03. The lowest BCUT2D eigenvalue weighted by atomic mass is 10.2. The molecule has 2 rings (SSSR count). The van der Waals surface area contributed by atoms with Gasteiger partial charge < -0.3 is 0 Å². The minimum Gasteiger partial charge on any atom is -0.296 e. The van der Waals surface area contributed by atoms with Gasteiger partial charge in [-0.25, -0.2) is 0 Å². The van der Waals surface area contributed by atoms with E-state index in [1.165, 1.54) is 17.8 Å². The van der Waals surface area contributed by atoms with Crippen molar-refractivity contribution in [2.45, 2.75) is 13.3 Å². The Morgan fingerprint density at radius 1 is 1.71 bits per heavy atom. The van der Waals surface area contributed by atoms with Crippen LogP contribution in [0.2, 0.25) is 0 Å². The maximum Gasteiger partial charge on any atom is 0.186 e. The summed E-state index contributed by atoms with van der Waals surface area (Å²) in [7, 11) is 0. The first-order valence-corrected chi connectivity index (χ1v) is 5.93. The standard InChI is InChI=1S/C11H15NOS/c1-9-4-5-12(7-9)8-10(13)11-3-2-6-14-11/h2-3,6,9H,4-5,7-8H2,1H3. The third-order valence-corrected chi connectivity index (χ3v) is 3.58. The van der Waals surface area contributed by atoms with Gasteiger partial charge in [-0.1, -0.05) is 13.0 Å². The molecule has 0 bridgehead atoms. The number of ketones is 1. The zero-order valence-electron chi connectivity index (χ0n) is 8.40. The molecule has 1 aliphatic rings. The summed E-state index contributed by atoms with van der Waals surface area (Å²) in [6.07, 6.45) is 1.23. The van der Waals surface area contributed by atoms with E-state index in [1.54, 1.807) is 0 Å². The van der Waals surface area contributed by atoms with Gasteiger partial charge in [0.15, 0.2) is 5.78 Å². The molecule has 0 N–H and O–H groups in total. The number of Topliss-reactive ketones (excluding diaryl/α,β-unsaturated/α-hetero) is 1. The van der Waals surface area contributed by atoms with E-state index in [1.807, 2.05) is 17.5 Å². The smallest absolute Gasteiger partial charge is 0.186 e. The summed E-state index contributed by atoms with van der Waals surface area (Å²) in [5.74, 6) is 1.03. The quantitative estimate of drug-likeness (QED) is 0.712. The van der Waals surface area contributed by atoms with Gasteiger partial charge in [-0.15, -0.1) is 11.3 Å². The van der Waals surface area contributed by atoms with Crippen LogP contribution in [0.3, 0.4) is 0 Å². The fourth-order valence-electron chi connectivity index (χ4n) is 1.89. The van der Waals surface area contributed by atoms with E-state index in [2.05, 4.69) is 11.8 Å². The first-order valence-electron chi connectivity index (χ1n) is 5.05. The molecule has 0 amide bonds. The number of likely N-dealkylation sites (tertiary alicyclic amines) is 1. The minimum atomic E-state index is 0.272. The summed E-state index contributed by atoms with van der Waals surface area (Å²) in [5, 5.41) is 1.96. The molecule has 1 fully saturated rings. The normalized spacial score (nSPS) is 22.8. The summed E-state index contributed by atoms with van der Waals surface area (Å²) < 4.78 is 0. The number of carbonyl (C=O) groups excluding carboxylic acids is 1. The molecule has 1 aromatic heterocycles. The average Bonchev–Trinajstić information content (AvgIpc) is 2.75. The van der Waals surface area contributed by atoms with Crippen LogP contribution in [0.15, 0.2) is 17.5 Å². The summed E-state index contributed by atoms with van der Waals surface area (Å²) >= 11 is 1.54. The third kappa shape index (κ3) is 2.22. The first-order chi connectivity index (χ1) is 6.75. The van der Waals surface area contributed by atoms with E-state index < -0.39 is 0 Å². The van der Waals surface area contributed by atoms with Gasteiger partial charge >= 0.3 is 0 Å². The topological polar surface area (TPSA) is 20.3 Å². The molecule has 76 valence electrons. The Morgan fingerprint density at radius 2 is 2.57 bits per heavy atom. The monoisotopic (exact) mass is 209 g/mol. The van der Waals surface area contributed by atoms with Gasteiger partial charge in [0.05, 0.1) is 11.4 Å². The molecule has 3 heteroatoms. The highest BCUT2D eigenvalue weighted by molar-refractivity contribution is 7.12. The summed E-state index contributed by atoms with van der Waals surface area (Å²) in [6.45, 7) is 5.01. The van der Waals surface area contributed by atoms with Crippen molar-refractivity contribution in [2.75, 3.05) is 19.6 Å². The van der Waals surface area contributed by atoms with Crippen LogP contribution in [0.1, 0.15) is 23.0 Å². The van der Waals surface area contributed by atoms with Crippen LogP contribution in [0.5, 0.6) is 0 Å². The van der Waals surface area contributed by atoms with Crippen molar-refractivity contribution in [1.29, 1.82) is 0 Å². The second kappa shape index (κ2) is 4.24. The highest BCUT2D eigenvalue weighted by Crippen LogP contribution is 2.16. The van der Waals surface area contributed by atoms with Crippen molar-refractivity contribution in [1.82, 2.24) is 4.90 Å². The first kappa shape index (κ1) is 9.87. The maximum absolute atomic E-state index is 11.7.